The van der Waals surface area contributed by atoms with E-state index in [1.54, 1.807) is 0 Å². The molecular weight excluding hydrogens is 412 g/mol. The van der Waals surface area contributed by atoms with E-state index in [4.69, 9.17) is 10.8 Å². The highest BCUT2D eigenvalue weighted by atomic mass is 15.3. The van der Waals surface area contributed by atoms with Crippen LogP contribution < -0.4 is 16.4 Å². The molecule has 0 amide bonds. The van der Waals surface area contributed by atoms with E-state index in [-0.39, 0.29) is 5.41 Å². The average molecular weight is 443 g/mol. The lowest BCUT2D eigenvalue weighted by atomic mass is 9.90. The van der Waals surface area contributed by atoms with Crippen molar-refractivity contribution in [3.63, 3.8) is 0 Å². The number of nitrogens with zero attached hydrogens (tertiary/aromatic N) is 5. The van der Waals surface area contributed by atoms with Crippen LogP contribution >= 0.6 is 0 Å². The van der Waals surface area contributed by atoms with E-state index < -0.39 is 0 Å². The Balaban J connectivity index is 1.33. The van der Waals surface area contributed by atoms with Gasteiger partial charge in [-0.2, -0.15) is 5.10 Å². The van der Waals surface area contributed by atoms with Gasteiger partial charge >= 0.3 is 0 Å². The molecule has 0 unspecified atom stereocenters. The van der Waals surface area contributed by atoms with Crippen LogP contribution in [0.3, 0.4) is 0 Å². The van der Waals surface area contributed by atoms with Gasteiger partial charge in [0.25, 0.3) is 0 Å². The van der Waals surface area contributed by atoms with Crippen molar-refractivity contribution < 1.29 is 0 Å². The van der Waals surface area contributed by atoms with E-state index in [9.17, 15) is 0 Å². The molecule has 0 bridgehead atoms. The number of anilines is 2. The number of benzene rings is 1. The number of hydrogen-bond donors (Lipinski definition) is 3. The highest BCUT2D eigenvalue weighted by molar-refractivity contribution is 6.01. The summed E-state index contributed by atoms with van der Waals surface area (Å²) in [5, 5.41) is 12.4. The largest absolute Gasteiger partial charge is 0.383 e. The Hall–Kier alpha value is -3.68. The molecule has 2 aromatic heterocycles. The predicted octanol–water partition coefficient (Wildman–Crippen LogP) is 4.66. The van der Waals surface area contributed by atoms with Crippen LogP contribution in [0.25, 0.3) is 22.3 Å². The lowest BCUT2D eigenvalue weighted by molar-refractivity contribution is 0.296. The van der Waals surface area contributed by atoms with Gasteiger partial charge in [-0.3, -0.25) is 4.99 Å². The van der Waals surface area contributed by atoms with Crippen LogP contribution in [0.1, 0.15) is 46.1 Å². The van der Waals surface area contributed by atoms with Crippen LogP contribution in [0.15, 0.2) is 59.8 Å². The molecular formula is C25H30N8. The maximum Gasteiger partial charge on any atom is 0.164 e. The molecule has 170 valence electrons. The molecule has 0 radical (unpaired) electrons. The van der Waals surface area contributed by atoms with E-state index in [0.29, 0.717) is 24.2 Å². The summed E-state index contributed by atoms with van der Waals surface area (Å²) in [5.74, 6) is 1.17. The molecule has 2 aliphatic rings. The topological polar surface area (TPSA) is 106 Å². The van der Waals surface area contributed by atoms with Gasteiger partial charge in [0.1, 0.15) is 17.8 Å². The van der Waals surface area contributed by atoms with Crippen LogP contribution in [0.2, 0.25) is 0 Å². The van der Waals surface area contributed by atoms with Gasteiger partial charge in [-0.05, 0) is 37.5 Å². The summed E-state index contributed by atoms with van der Waals surface area (Å²) in [6, 6.07) is 8.47. The van der Waals surface area contributed by atoms with E-state index in [1.807, 2.05) is 28.9 Å². The quantitative estimate of drug-likeness (QED) is 0.513. The Morgan fingerprint density at radius 2 is 1.88 bits per heavy atom. The zero-order valence-electron chi connectivity index (χ0n) is 19.4. The van der Waals surface area contributed by atoms with Crippen LogP contribution in [-0.4, -0.2) is 32.0 Å². The third-order valence-corrected chi connectivity index (χ3v) is 6.20. The van der Waals surface area contributed by atoms with E-state index in [1.165, 1.54) is 12.7 Å². The molecule has 1 aromatic carbocycles. The maximum absolute atomic E-state index is 6.23. The molecule has 8 heteroatoms. The third kappa shape index (κ3) is 4.08. The van der Waals surface area contributed by atoms with E-state index in [2.05, 4.69) is 59.0 Å². The van der Waals surface area contributed by atoms with Crippen molar-refractivity contribution >= 4 is 28.3 Å². The molecule has 3 aromatic rings. The predicted molar refractivity (Wildman–Crippen MR) is 134 cm³/mol. The van der Waals surface area contributed by atoms with Crippen molar-refractivity contribution in [3.05, 3.63) is 54.8 Å². The fourth-order valence-corrected chi connectivity index (χ4v) is 4.15. The molecule has 33 heavy (non-hydrogen) atoms. The third-order valence-electron chi connectivity index (χ3n) is 6.20. The summed E-state index contributed by atoms with van der Waals surface area (Å²) in [5.41, 5.74) is 11.9. The van der Waals surface area contributed by atoms with Gasteiger partial charge in [0.15, 0.2) is 5.65 Å². The molecule has 3 heterocycles. The summed E-state index contributed by atoms with van der Waals surface area (Å²) in [6.45, 7) is 11.2. The number of aromatic nitrogens is 4. The lowest BCUT2D eigenvalue weighted by Crippen LogP contribution is -2.20. The molecule has 1 saturated carbocycles. The van der Waals surface area contributed by atoms with Gasteiger partial charge in [-0.25, -0.2) is 14.6 Å². The standard InChI is InChI=1S/C25H30N8/c1-15(31-18-12-20(27-13-18)25(2,3)4)30-17-10-8-16(9-11-17)22-21-23(26)28-14-29-24(21)33(32-22)19-6-5-7-19/h8-12,14,19,30-31H,1,5-7,13H2,2-4H3,(H2,26,28,29). The monoisotopic (exact) mass is 442 g/mol. The Morgan fingerprint density at radius 3 is 2.52 bits per heavy atom. The zero-order chi connectivity index (χ0) is 23.2. The first-order valence-electron chi connectivity index (χ1n) is 11.4. The summed E-state index contributed by atoms with van der Waals surface area (Å²) in [4.78, 5) is 13.3. The summed E-state index contributed by atoms with van der Waals surface area (Å²) in [6.07, 6.45) is 7.08. The molecule has 0 atom stereocenters. The number of nitrogens with one attached hydrogen (secondary N) is 2. The van der Waals surface area contributed by atoms with E-state index >= 15 is 0 Å². The minimum atomic E-state index is 0.0399. The number of aliphatic imine (C=N–C) groups is 1. The van der Waals surface area contributed by atoms with Crippen LogP contribution in [-0.2, 0) is 0 Å². The molecule has 1 aliphatic carbocycles. The lowest BCUT2D eigenvalue weighted by Gasteiger charge is -2.25. The van der Waals surface area contributed by atoms with Gasteiger partial charge in [-0.15, -0.1) is 0 Å². The maximum atomic E-state index is 6.23. The second-order valence-corrected chi connectivity index (χ2v) is 9.76. The fraction of sp³-hybridized carbons (Fsp3) is 0.360. The van der Waals surface area contributed by atoms with Crippen molar-refractivity contribution in [2.24, 2.45) is 10.4 Å². The average Bonchev–Trinajstić information content (AvgIpc) is 3.34. The number of rotatable bonds is 6. The molecule has 0 spiro atoms. The van der Waals surface area contributed by atoms with Gasteiger partial charge < -0.3 is 16.4 Å². The van der Waals surface area contributed by atoms with Crippen molar-refractivity contribution in [2.75, 3.05) is 17.6 Å². The highest BCUT2D eigenvalue weighted by Gasteiger charge is 2.26. The van der Waals surface area contributed by atoms with Crippen molar-refractivity contribution in [1.29, 1.82) is 0 Å². The molecule has 1 fully saturated rings. The summed E-state index contributed by atoms with van der Waals surface area (Å²) < 4.78 is 2.02. The van der Waals surface area contributed by atoms with Crippen LogP contribution in [0.4, 0.5) is 11.5 Å². The second kappa shape index (κ2) is 8.03. The Bertz CT molecular complexity index is 1270. The van der Waals surface area contributed by atoms with Crippen LogP contribution in [0, 0.1) is 5.41 Å². The minimum Gasteiger partial charge on any atom is -0.383 e. The molecule has 8 nitrogen and oxygen atoms in total. The highest BCUT2D eigenvalue weighted by Crippen LogP contribution is 2.37. The Morgan fingerprint density at radius 1 is 1.12 bits per heavy atom. The number of nitrogen functional groups attached to an aromatic ring is 1. The first-order valence-corrected chi connectivity index (χ1v) is 11.4. The van der Waals surface area contributed by atoms with Gasteiger partial charge in [0, 0.05) is 28.1 Å². The minimum absolute atomic E-state index is 0.0399. The van der Waals surface area contributed by atoms with Crippen molar-refractivity contribution in [2.45, 2.75) is 46.1 Å². The number of fused-ring (bicyclic) bond motifs is 1. The van der Waals surface area contributed by atoms with Crippen LogP contribution in [0.5, 0.6) is 0 Å². The SMILES string of the molecule is C=C(NC1=CC(C(C)(C)C)=NC1)Nc1ccc(-c2nn(C3CCC3)c3ncnc(N)c23)cc1. The molecule has 4 N–H and O–H groups in total. The summed E-state index contributed by atoms with van der Waals surface area (Å²) >= 11 is 0. The fourth-order valence-electron chi connectivity index (χ4n) is 4.15. The number of nitrogens with two attached hydrogens (primary N) is 1. The van der Waals surface area contributed by atoms with Gasteiger partial charge in [0.05, 0.1) is 23.8 Å². The van der Waals surface area contributed by atoms with E-state index in [0.717, 1.165) is 52.2 Å². The van der Waals surface area contributed by atoms with Crippen molar-refractivity contribution in [1.82, 2.24) is 25.1 Å². The Kier molecular flexibility index (Phi) is 5.15. The first kappa shape index (κ1) is 21.2. The smallest absolute Gasteiger partial charge is 0.164 e. The van der Waals surface area contributed by atoms with Crippen molar-refractivity contribution in [3.8, 4) is 11.3 Å². The summed E-state index contributed by atoms with van der Waals surface area (Å²) in [7, 11) is 0. The molecule has 0 saturated heterocycles. The first-order chi connectivity index (χ1) is 15.8. The molecule has 1 aliphatic heterocycles. The number of allylic oxidation sites excluding steroid dienone is 1. The van der Waals surface area contributed by atoms with Gasteiger partial charge in [0.2, 0.25) is 0 Å². The second-order valence-electron chi connectivity index (χ2n) is 9.76. The zero-order valence-corrected chi connectivity index (χ0v) is 19.4. The Labute approximate surface area is 193 Å². The number of hydrogen-bond acceptors (Lipinski definition) is 7. The molecule has 5 rings (SSSR count). The normalized spacial score (nSPS) is 16.3. The van der Waals surface area contributed by atoms with Gasteiger partial charge in [-0.1, -0.05) is 39.5 Å².